The van der Waals surface area contributed by atoms with Crippen molar-refractivity contribution in [2.75, 3.05) is 36.3 Å². The fourth-order valence-electron chi connectivity index (χ4n) is 4.34. The van der Waals surface area contributed by atoms with Gasteiger partial charge in [-0.25, -0.2) is 0 Å². The molecule has 1 atom stereocenters. The van der Waals surface area contributed by atoms with E-state index in [1.54, 1.807) is 92.7 Å². The first kappa shape index (κ1) is 33.8. The van der Waals surface area contributed by atoms with Gasteiger partial charge in [0.25, 0.3) is 17.7 Å². The molecule has 0 aliphatic carbocycles. The Hall–Kier alpha value is -6.11. The number of hydrogen-bond donors (Lipinski definition) is 3. The first-order valence-corrected chi connectivity index (χ1v) is 14.5. The van der Waals surface area contributed by atoms with Crippen molar-refractivity contribution < 1.29 is 38.3 Å². The molecule has 47 heavy (non-hydrogen) atoms. The van der Waals surface area contributed by atoms with Crippen LogP contribution >= 0.6 is 0 Å². The standard InChI is InChI=1S/C34H34N4O9/c1-22(2)33(47-30-19-11-7-15-26(30)38(42)43)34(41)37-25-14-6-10-18-29(25)46-21-32(40)36-24-13-5-9-17-28(24)45-20-31(39)35-23-12-4-8-16-27(23)44-3/h4-19,22,33H,20-21H2,1-3H3,(H,35,39)(H,36,40)(H,37,41)/t33-/m1/s1. The molecule has 3 amide bonds. The third-order valence-electron chi connectivity index (χ3n) is 6.58. The van der Waals surface area contributed by atoms with Crippen LogP contribution in [0.2, 0.25) is 0 Å². The van der Waals surface area contributed by atoms with Crippen LogP contribution < -0.4 is 34.9 Å². The highest BCUT2D eigenvalue weighted by Crippen LogP contribution is 2.30. The summed E-state index contributed by atoms with van der Waals surface area (Å²) in [4.78, 5) is 49.5. The summed E-state index contributed by atoms with van der Waals surface area (Å²) in [7, 11) is 1.50. The van der Waals surface area contributed by atoms with E-state index in [-0.39, 0.29) is 41.1 Å². The first-order valence-electron chi connectivity index (χ1n) is 14.5. The molecule has 3 N–H and O–H groups in total. The van der Waals surface area contributed by atoms with Crippen LogP contribution in [0.4, 0.5) is 22.7 Å². The highest BCUT2D eigenvalue weighted by atomic mass is 16.6. The van der Waals surface area contributed by atoms with Gasteiger partial charge < -0.3 is 34.9 Å². The van der Waals surface area contributed by atoms with Gasteiger partial charge in [0, 0.05) is 6.07 Å². The molecule has 0 radical (unpaired) electrons. The molecule has 4 aromatic carbocycles. The topological polar surface area (TPSA) is 167 Å². The monoisotopic (exact) mass is 642 g/mol. The minimum absolute atomic E-state index is 0.0335. The quantitative estimate of drug-likeness (QED) is 0.109. The Morgan fingerprint density at radius 2 is 1.09 bits per heavy atom. The van der Waals surface area contributed by atoms with Crippen LogP contribution in [0.25, 0.3) is 0 Å². The Balaban J connectivity index is 1.35. The number of methoxy groups -OCH3 is 1. The van der Waals surface area contributed by atoms with Crippen LogP contribution in [-0.2, 0) is 14.4 Å². The van der Waals surface area contributed by atoms with Gasteiger partial charge >= 0.3 is 5.69 Å². The van der Waals surface area contributed by atoms with Gasteiger partial charge in [-0.15, -0.1) is 0 Å². The van der Waals surface area contributed by atoms with Crippen molar-refractivity contribution in [3.63, 3.8) is 0 Å². The van der Waals surface area contributed by atoms with Crippen molar-refractivity contribution in [3.05, 3.63) is 107 Å². The van der Waals surface area contributed by atoms with Crippen molar-refractivity contribution in [1.29, 1.82) is 0 Å². The van der Waals surface area contributed by atoms with Crippen molar-refractivity contribution in [1.82, 2.24) is 0 Å². The van der Waals surface area contributed by atoms with E-state index < -0.39 is 35.4 Å². The number of ether oxygens (including phenoxy) is 4. The Labute approximate surface area is 270 Å². The normalized spacial score (nSPS) is 11.1. The second kappa shape index (κ2) is 16.3. The highest BCUT2D eigenvalue weighted by Gasteiger charge is 2.28. The lowest BCUT2D eigenvalue weighted by Gasteiger charge is -2.22. The van der Waals surface area contributed by atoms with E-state index in [2.05, 4.69) is 16.0 Å². The molecule has 0 unspecified atom stereocenters. The summed E-state index contributed by atoms with van der Waals surface area (Å²) in [6.45, 7) is 2.75. The average Bonchev–Trinajstić information content (AvgIpc) is 3.06. The molecule has 13 nitrogen and oxygen atoms in total. The summed E-state index contributed by atoms with van der Waals surface area (Å²) in [6, 6.07) is 25.9. The number of carbonyl (C=O) groups is 3. The molecule has 0 spiro atoms. The molecular weight excluding hydrogens is 608 g/mol. The number of nitrogens with one attached hydrogen (secondary N) is 3. The SMILES string of the molecule is COc1ccccc1NC(=O)COc1ccccc1NC(=O)COc1ccccc1NC(=O)[C@H](Oc1ccccc1[N+](=O)[O-])C(C)C. The molecule has 244 valence electrons. The maximum Gasteiger partial charge on any atom is 0.310 e. The molecule has 0 bridgehead atoms. The number of para-hydroxylation sites is 8. The molecular formula is C34H34N4O9. The van der Waals surface area contributed by atoms with E-state index in [1.165, 1.54) is 25.3 Å². The van der Waals surface area contributed by atoms with Crippen LogP contribution in [0.1, 0.15) is 13.8 Å². The van der Waals surface area contributed by atoms with E-state index >= 15 is 0 Å². The smallest absolute Gasteiger partial charge is 0.310 e. The Morgan fingerprint density at radius 3 is 1.57 bits per heavy atom. The predicted octanol–water partition coefficient (Wildman–Crippen LogP) is 5.68. The summed E-state index contributed by atoms with van der Waals surface area (Å²) in [5.41, 5.74) is 0.821. The number of rotatable bonds is 15. The second-order valence-electron chi connectivity index (χ2n) is 10.4. The van der Waals surface area contributed by atoms with Gasteiger partial charge in [0.1, 0.15) is 17.2 Å². The zero-order valence-corrected chi connectivity index (χ0v) is 25.9. The minimum atomic E-state index is -1.07. The summed E-state index contributed by atoms with van der Waals surface area (Å²) >= 11 is 0. The number of nitro benzene ring substituents is 1. The van der Waals surface area contributed by atoms with E-state index in [4.69, 9.17) is 18.9 Å². The largest absolute Gasteiger partial charge is 0.495 e. The lowest BCUT2D eigenvalue weighted by molar-refractivity contribution is -0.386. The molecule has 0 saturated heterocycles. The molecule has 0 aliphatic heterocycles. The van der Waals surface area contributed by atoms with Gasteiger partial charge in [-0.1, -0.05) is 62.4 Å². The summed E-state index contributed by atoms with van der Waals surface area (Å²) in [5, 5.41) is 19.6. The molecule has 0 saturated carbocycles. The van der Waals surface area contributed by atoms with Crippen molar-refractivity contribution in [2.24, 2.45) is 5.92 Å². The van der Waals surface area contributed by atoms with E-state index in [0.29, 0.717) is 17.1 Å². The lowest BCUT2D eigenvalue weighted by atomic mass is 10.1. The van der Waals surface area contributed by atoms with E-state index in [9.17, 15) is 24.5 Å². The minimum Gasteiger partial charge on any atom is -0.495 e. The first-order chi connectivity index (χ1) is 22.7. The molecule has 0 fully saturated rings. The molecule has 0 aliphatic rings. The number of benzene rings is 4. The number of amides is 3. The zero-order chi connectivity index (χ0) is 33.8. The number of carbonyl (C=O) groups excluding carboxylic acids is 3. The van der Waals surface area contributed by atoms with Crippen molar-refractivity contribution in [3.8, 4) is 23.0 Å². The van der Waals surface area contributed by atoms with Gasteiger partial charge in [-0.2, -0.15) is 0 Å². The van der Waals surface area contributed by atoms with Crippen LogP contribution in [0, 0.1) is 16.0 Å². The van der Waals surface area contributed by atoms with E-state index in [1.807, 2.05) is 0 Å². The Morgan fingerprint density at radius 1 is 0.660 bits per heavy atom. The van der Waals surface area contributed by atoms with Gasteiger partial charge in [0.15, 0.2) is 25.1 Å². The number of hydrogen-bond acceptors (Lipinski definition) is 9. The highest BCUT2D eigenvalue weighted by molar-refractivity contribution is 5.97. The van der Waals surface area contributed by atoms with Crippen LogP contribution in [-0.4, -0.2) is 49.1 Å². The maximum atomic E-state index is 13.3. The molecule has 4 aromatic rings. The third-order valence-corrected chi connectivity index (χ3v) is 6.58. The fraction of sp³-hybridized carbons (Fsp3) is 0.206. The summed E-state index contributed by atoms with van der Waals surface area (Å²) in [6.07, 6.45) is -1.07. The molecule has 0 heterocycles. The van der Waals surface area contributed by atoms with Crippen molar-refractivity contribution >= 4 is 40.5 Å². The van der Waals surface area contributed by atoms with Gasteiger partial charge in [-0.05, 0) is 48.4 Å². The zero-order valence-electron chi connectivity index (χ0n) is 25.9. The van der Waals surface area contributed by atoms with Gasteiger partial charge in [0.2, 0.25) is 0 Å². The fourth-order valence-corrected chi connectivity index (χ4v) is 4.34. The van der Waals surface area contributed by atoms with Crippen LogP contribution in [0.5, 0.6) is 23.0 Å². The second-order valence-corrected chi connectivity index (χ2v) is 10.4. The Bertz CT molecular complexity index is 1730. The average molecular weight is 643 g/mol. The number of nitrogens with zero attached hydrogens (tertiary/aromatic N) is 1. The summed E-state index contributed by atoms with van der Waals surface area (Å²) < 4.78 is 22.4. The number of nitro groups is 1. The van der Waals surface area contributed by atoms with Gasteiger partial charge in [0.05, 0.1) is 29.1 Å². The Kier molecular flexibility index (Phi) is 11.7. The molecule has 0 aromatic heterocycles. The lowest BCUT2D eigenvalue weighted by Crippen LogP contribution is -2.37. The van der Waals surface area contributed by atoms with Gasteiger partial charge in [-0.3, -0.25) is 24.5 Å². The number of anilines is 3. The maximum absolute atomic E-state index is 13.3. The predicted molar refractivity (Wildman–Crippen MR) is 175 cm³/mol. The van der Waals surface area contributed by atoms with Crippen LogP contribution in [0.15, 0.2) is 97.1 Å². The van der Waals surface area contributed by atoms with Crippen molar-refractivity contribution in [2.45, 2.75) is 20.0 Å². The summed E-state index contributed by atoms with van der Waals surface area (Å²) in [5.74, 6) is -0.910. The molecule has 13 heteroatoms. The van der Waals surface area contributed by atoms with E-state index in [0.717, 1.165) is 0 Å². The van der Waals surface area contributed by atoms with Crippen LogP contribution in [0.3, 0.4) is 0 Å². The third kappa shape index (κ3) is 9.44. The molecule has 4 rings (SSSR count).